The molecule has 4 rings (SSSR count). The summed E-state index contributed by atoms with van der Waals surface area (Å²) in [6.45, 7) is 5.83. The first-order valence-electron chi connectivity index (χ1n) is 9.83. The highest BCUT2D eigenvalue weighted by Crippen LogP contribution is 2.37. The molecule has 3 aliphatic heterocycles. The Morgan fingerprint density at radius 1 is 1.27 bits per heavy atom. The van der Waals surface area contributed by atoms with Crippen molar-refractivity contribution in [2.24, 2.45) is 5.92 Å². The maximum Gasteiger partial charge on any atom is 0.254 e. The molecule has 3 aliphatic rings. The van der Waals surface area contributed by atoms with Gasteiger partial charge in [0.2, 0.25) is 0 Å². The van der Waals surface area contributed by atoms with Crippen LogP contribution in [-0.4, -0.2) is 60.6 Å². The maximum atomic E-state index is 12.6. The first-order chi connectivity index (χ1) is 12.7. The van der Waals surface area contributed by atoms with Gasteiger partial charge in [-0.1, -0.05) is 12.5 Å². The molecule has 3 saturated heterocycles. The number of ether oxygens (including phenoxy) is 1. The van der Waals surface area contributed by atoms with E-state index < -0.39 is 0 Å². The fraction of sp³-hybridized carbons (Fsp3) is 0.619. The predicted molar refractivity (Wildman–Crippen MR) is 98.8 cm³/mol. The monoisotopic (exact) mass is 353 g/mol. The Morgan fingerprint density at radius 2 is 2.08 bits per heavy atom. The molecule has 0 aromatic heterocycles. The van der Waals surface area contributed by atoms with Gasteiger partial charge in [0.05, 0.1) is 31.3 Å². The number of hydrogen-bond acceptors (Lipinski definition) is 4. The second-order valence-corrected chi connectivity index (χ2v) is 8.11. The van der Waals surface area contributed by atoms with Crippen LogP contribution in [0.5, 0.6) is 0 Å². The molecule has 0 radical (unpaired) electrons. The number of rotatable bonds is 3. The minimum absolute atomic E-state index is 0.00626. The number of nitriles is 1. The van der Waals surface area contributed by atoms with Crippen molar-refractivity contribution in [1.29, 1.82) is 5.26 Å². The van der Waals surface area contributed by atoms with Crippen LogP contribution in [0.1, 0.15) is 48.0 Å². The Kier molecular flexibility index (Phi) is 4.97. The second-order valence-electron chi connectivity index (χ2n) is 8.11. The van der Waals surface area contributed by atoms with E-state index in [-0.39, 0.29) is 11.5 Å². The summed E-state index contributed by atoms with van der Waals surface area (Å²) in [5.74, 6) is 0.641. The van der Waals surface area contributed by atoms with Gasteiger partial charge >= 0.3 is 0 Å². The summed E-state index contributed by atoms with van der Waals surface area (Å²) in [4.78, 5) is 17.0. The number of carbonyl (C=O) groups is 1. The van der Waals surface area contributed by atoms with Crippen molar-refractivity contribution >= 4 is 5.91 Å². The van der Waals surface area contributed by atoms with E-state index >= 15 is 0 Å². The standard InChI is InChI=1S/C21H27N3O2/c22-12-17-5-4-6-19(11-17)20(25)24-15-21(16-24)8-7-18(14-26-21)13-23-9-2-1-3-10-23/h4-6,11,18H,1-3,7-10,13-16H2/t18-/m1/s1. The van der Waals surface area contributed by atoms with E-state index in [0.29, 0.717) is 30.1 Å². The van der Waals surface area contributed by atoms with Gasteiger partial charge in [0.1, 0.15) is 5.60 Å². The Morgan fingerprint density at radius 3 is 2.77 bits per heavy atom. The molecule has 0 N–H and O–H groups in total. The Labute approximate surface area is 155 Å². The summed E-state index contributed by atoms with van der Waals surface area (Å²) >= 11 is 0. The lowest BCUT2D eigenvalue weighted by Gasteiger charge is -2.53. The van der Waals surface area contributed by atoms with Gasteiger partial charge in [-0.05, 0) is 62.9 Å². The van der Waals surface area contributed by atoms with Crippen LogP contribution in [0, 0.1) is 17.2 Å². The van der Waals surface area contributed by atoms with Crippen LogP contribution >= 0.6 is 0 Å². The SMILES string of the molecule is N#Cc1cccc(C(=O)N2CC3(CC[C@H](CN4CCCCC4)CO3)C2)c1. The molecule has 1 aromatic rings. The van der Waals surface area contributed by atoms with Crippen LogP contribution in [0.3, 0.4) is 0 Å². The normalized spacial score (nSPS) is 25.5. The van der Waals surface area contributed by atoms with Crippen LogP contribution in [-0.2, 0) is 4.74 Å². The van der Waals surface area contributed by atoms with E-state index in [0.717, 1.165) is 13.0 Å². The van der Waals surface area contributed by atoms with Crippen LogP contribution in [0.2, 0.25) is 0 Å². The van der Waals surface area contributed by atoms with E-state index in [1.54, 1.807) is 24.3 Å². The number of carbonyl (C=O) groups excluding carboxylic acids is 1. The van der Waals surface area contributed by atoms with Crippen molar-refractivity contribution in [1.82, 2.24) is 9.80 Å². The summed E-state index contributed by atoms with van der Waals surface area (Å²) in [6, 6.07) is 9.04. The molecule has 26 heavy (non-hydrogen) atoms. The molecule has 0 bridgehead atoms. The molecule has 0 aliphatic carbocycles. The Bertz CT molecular complexity index is 689. The molecule has 138 valence electrons. The maximum absolute atomic E-state index is 12.6. The molecule has 3 fully saturated rings. The minimum atomic E-state index is -0.124. The molecule has 5 heteroatoms. The molecule has 0 unspecified atom stereocenters. The van der Waals surface area contributed by atoms with E-state index in [4.69, 9.17) is 10.00 Å². The summed E-state index contributed by atoms with van der Waals surface area (Å²) in [7, 11) is 0. The highest BCUT2D eigenvalue weighted by Gasteiger charge is 2.48. The van der Waals surface area contributed by atoms with Crippen molar-refractivity contribution in [3.05, 3.63) is 35.4 Å². The third-order valence-corrected chi connectivity index (χ3v) is 6.08. The molecule has 1 aromatic carbocycles. The topological polar surface area (TPSA) is 56.6 Å². The second kappa shape index (κ2) is 7.38. The lowest BCUT2D eigenvalue weighted by Crippen LogP contribution is -2.66. The molecular formula is C21H27N3O2. The van der Waals surface area contributed by atoms with Gasteiger partial charge in [-0.25, -0.2) is 0 Å². The number of hydrogen-bond donors (Lipinski definition) is 0. The molecule has 1 spiro atoms. The van der Waals surface area contributed by atoms with Crippen molar-refractivity contribution in [2.45, 2.75) is 37.7 Å². The summed E-state index contributed by atoms with van der Waals surface area (Å²) in [6.07, 6.45) is 6.29. The smallest absolute Gasteiger partial charge is 0.254 e. The lowest BCUT2D eigenvalue weighted by molar-refractivity contribution is -0.168. The predicted octanol–water partition coefficient (Wildman–Crippen LogP) is 2.67. The molecular weight excluding hydrogens is 326 g/mol. The Balaban J connectivity index is 1.26. The summed E-state index contributed by atoms with van der Waals surface area (Å²) < 4.78 is 6.24. The van der Waals surface area contributed by atoms with E-state index in [2.05, 4.69) is 11.0 Å². The van der Waals surface area contributed by atoms with Gasteiger partial charge in [-0.2, -0.15) is 5.26 Å². The average Bonchev–Trinajstić information content (AvgIpc) is 2.67. The van der Waals surface area contributed by atoms with E-state index in [9.17, 15) is 4.79 Å². The van der Waals surface area contributed by atoms with Crippen LogP contribution in [0.25, 0.3) is 0 Å². The third kappa shape index (κ3) is 3.62. The van der Waals surface area contributed by atoms with Gasteiger partial charge in [0, 0.05) is 12.1 Å². The average molecular weight is 353 g/mol. The molecule has 1 amide bonds. The highest BCUT2D eigenvalue weighted by atomic mass is 16.5. The number of likely N-dealkylation sites (tertiary alicyclic amines) is 2. The van der Waals surface area contributed by atoms with Crippen LogP contribution < -0.4 is 0 Å². The van der Waals surface area contributed by atoms with Gasteiger partial charge in [-0.3, -0.25) is 4.79 Å². The molecule has 5 nitrogen and oxygen atoms in total. The van der Waals surface area contributed by atoms with Gasteiger partial charge < -0.3 is 14.5 Å². The zero-order valence-corrected chi connectivity index (χ0v) is 15.3. The largest absolute Gasteiger partial charge is 0.371 e. The first-order valence-corrected chi connectivity index (χ1v) is 9.83. The molecule has 1 atom stereocenters. The Hall–Kier alpha value is -1.90. The van der Waals surface area contributed by atoms with Crippen molar-refractivity contribution in [3.63, 3.8) is 0 Å². The minimum Gasteiger partial charge on any atom is -0.371 e. The summed E-state index contributed by atoms with van der Waals surface area (Å²) in [5, 5.41) is 9.00. The van der Waals surface area contributed by atoms with Crippen molar-refractivity contribution in [2.75, 3.05) is 39.3 Å². The quantitative estimate of drug-likeness (QED) is 0.838. The van der Waals surface area contributed by atoms with Gasteiger partial charge in [0.25, 0.3) is 5.91 Å². The van der Waals surface area contributed by atoms with Crippen molar-refractivity contribution < 1.29 is 9.53 Å². The van der Waals surface area contributed by atoms with Crippen LogP contribution in [0.15, 0.2) is 24.3 Å². The summed E-state index contributed by atoms with van der Waals surface area (Å²) in [5.41, 5.74) is 0.999. The van der Waals surface area contributed by atoms with Crippen LogP contribution in [0.4, 0.5) is 0 Å². The van der Waals surface area contributed by atoms with E-state index in [1.807, 2.05) is 4.90 Å². The van der Waals surface area contributed by atoms with E-state index in [1.165, 1.54) is 45.3 Å². The highest BCUT2D eigenvalue weighted by molar-refractivity contribution is 5.95. The zero-order valence-electron chi connectivity index (χ0n) is 15.3. The zero-order chi connectivity index (χ0) is 18.0. The number of piperidine rings is 1. The molecule has 3 heterocycles. The number of amides is 1. The fourth-order valence-electron chi connectivity index (χ4n) is 4.52. The third-order valence-electron chi connectivity index (χ3n) is 6.08. The van der Waals surface area contributed by atoms with Crippen molar-refractivity contribution in [3.8, 4) is 6.07 Å². The fourth-order valence-corrected chi connectivity index (χ4v) is 4.52. The van der Waals surface area contributed by atoms with Gasteiger partial charge in [-0.15, -0.1) is 0 Å². The molecule has 0 saturated carbocycles. The number of nitrogens with zero attached hydrogens (tertiary/aromatic N) is 3. The van der Waals surface area contributed by atoms with Gasteiger partial charge in [0.15, 0.2) is 0 Å². The lowest BCUT2D eigenvalue weighted by atomic mass is 9.82. The number of benzene rings is 1. The first kappa shape index (κ1) is 17.5.